The van der Waals surface area contributed by atoms with Crippen LogP contribution in [0.1, 0.15) is 37.4 Å². The fraction of sp³-hybridized carbons (Fsp3) is 0.500. The molecule has 2 N–H and O–H groups in total. The van der Waals surface area contributed by atoms with Crippen molar-refractivity contribution in [1.29, 1.82) is 0 Å². The second-order valence-corrected chi connectivity index (χ2v) is 4.65. The zero-order chi connectivity index (χ0) is 10.3. The fourth-order valence-electron chi connectivity index (χ4n) is 2.36. The number of hydrogen-bond acceptors (Lipinski definition) is 2. The van der Waals surface area contributed by atoms with Gasteiger partial charge in [0.1, 0.15) is 5.75 Å². The molecule has 1 aromatic carbocycles. The van der Waals surface area contributed by atoms with Gasteiger partial charge in [-0.3, -0.25) is 0 Å². The number of methoxy groups -OCH3 is 1. The predicted octanol–water partition coefficient (Wildman–Crippen LogP) is 2.38. The highest BCUT2D eigenvalue weighted by atomic mass is 16.5. The average molecular weight is 191 g/mol. The number of nitrogens with two attached hydrogens (primary N) is 1. The molecule has 0 saturated carbocycles. The minimum atomic E-state index is 0.162. The van der Waals surface area contributed by atoms with Crippen LogP contribution in [0.4, 0.5) is 0 Å². The first-order valence-electron chi connectivity index (χ1n) is 4.98. The van der Waals surface area contributed by atoms with Gasteiger partial charge >= 0.3 is 0 Å². The van der Waals surface area contributed by atoms with E-state index >= 15 is 0 Å². The summed E-state index contributed by atoms with van der Waals surface area (Å²) in [5, 5.41) is 0. The summed E-state index contributed by atoms with van der Waals surface area (Å²) in [7, 11) is 1.69. The smallest absolute Gasteiger partial charge is 0.119 e. The van der Waals surface area contributed by atoms with Gasteiger partial charge in [0.25, 0.3) is 0 Å². The van der Waals surface area contributed by atoms with E-state index in [-0.39, 0.29) is 11.5 Å². The van der Waals surface area contributed by atoms with Crippen LogP contribution in [-0.4, -0.2) is 7.11 Å². The van der Waals surface area contributed by atoms with Gasteiger partial charge in [0.2, 0.25) is 0 Å². The van der Waals surface area contributed by atoms with E-state index in [0.717, 1.165) is 12.2 Å². The van der Waals surface area contributed by atoms with Crippen LogP contribution in [0, 0.1) is 0 Å². The normalized spacial score (nSPS) is 23.3. The van der Waals surface area contributed by atoms with Gasteiger partial charge in [0.05, 0.1) is 7.11 Å². The number of ether oxygens (including phenoxy) is 1. The Hall–Kier alpha value is -1.02. The molecular formula is C12H17NO. The summed E-state index contributed by atoms with van der Waals surface area (Å²) < 4.78 is 5.20. The molecule has 0 aliphatic heterocycles. The Kier molecular flexibility index (Phi) is 2.04. The molecule has 1 atom stereocenters. The van der Waals surface area contributed by atoms with Gasteiger partial charge in [0, 0.05) is 6.04 Å². The van der Waals surface area contributed by atoms with Gasteiger partial charge in [-0.1, -0.05) is 19.9 Å². The van der Waals surface area contributed by atoms with E-state index in [1.807, 2.05) is 6.07 Å². The monoisotopic (exact) mass is 191 g/mol. The van der Waals surface area contributed by atoms with Crippen molar-refractivity contribution >= 4 is 0 Å². The second-order valence-electron chi connectivity index (χ2n) is 4.65. The van der Waals surface area contributed by atoms with Crippen LogP contribution < -0.4 is 10.5 Å². The number of rotatable bonds is 1. The Bertz CT molecular complexity index is 357. The van der Waals surface area contributed by atoms with Gasteiger partial charge in [0.15, 0.2) is 0 Å². The second kappa shape index (κ2) is 2.99. The molecule has 0 saturated heterocycles. The molecule has 0 heterocycles. The van der Waals surface area contributed by atoms with E-state index in [9.17, 15) is 0 Å². The van der Waals surface area contributed by atoms with Gasteiger partial charge in [-0.25, -0.2) is 0 Å². The summed E-state index contributed by atoms with van der Waals surface area (Å²) in [6.07, 6.45) is 1.02. The van der Waals surface area contributed by atoms with E-state index in [1.54, 1.807) is 7.11 Å². The van der Waals surface area contributed by atoms with Gasteiger partial charge in [-0.2, -0.15) is 0 Å². The molecule has 76 valence electrons. The molecule has 0 bridgehead atoms. The van der Waals surface area contributed by atoms with Crippen LogP contribution >= 0.6 is 0 Å². The molecule has 2 rings (SSSR count). The van der Waals surface area contributed by atoms with Crippen molar-refractivity contribution < 1.29 is 4.74 Å². The third-order valence-corrected chi connectivity index (χ3v) is 3.12. The quantitative estimate of drug-likeness (QED) is 0.739. The largest absolute Gasteiger partial charge is 0.497 e. The highest BCUT2D eigenvalue weighted by Crippen LogP contribution is 2.44. The maximum Gasteiger partial charge on any atom is 0.119 e. The number of fused-ring (bicyclic) bond motifs is 1. The Morgan fingerprint density at radius 2 is 2.14 bits per heavy atom. The summed E-state index contributed by atoms with van der Waals surface area (Å²) in [6, 6.07) is 6.38. The molecule has 0 aromatic heterocycles. The molecule has 1 aliphatic rings. The molecule has 0 unspecified atom stereocenters. The fourth-order valence-corrected chi connectivity index (χ4v) is 2.36. The molecule has 0 radical (unpaired) electrons. The Morgan fingerprint density at radius 3 is 2.79 bits per heavy atom. The molecule has 1 aromatic rings. The lowest BCUT2D eigenvalue weighted by molar-refractivity contribution is 0.414. The van der Waals surface area contributed by atoms with Gasteiger partial charge in [-0.15, -0.1) is 0 Å². The third-order valence-electron chi connectivity index (χ3n) is 3.12. The van der Waals surface area contributed by atoms with E-state index in [0.29, 0.717) is 0 Å². The Balaban J connectivity index is 2.52. The third kappa shape index (κ3) is 1.30. The standard InChI is InChI=1S/C12H17NO/c1-12(2)7-11(13)9-6-8(14-3)4-5-10(9)12/h4-6,11H,7,13H2,1-3H3/t11-/m0/s1. The van der Waals surface area contributed by atoms with Crippen molar-refractivity contribution in [3.8, 4) is 5.75 Å². The topological polar surface area (TPSA) is 35.2 Å². The van der Waals surface area contributed by atoms with Gasteiger partial charge in [-0.05, 0) is 35.1 Å². The molecule has 0 amide bonds. The van der Waals surface area contributed by atoms with Crippen LogP contribution in [-0.2, 0) is 5.41 Å². The van der Waals surface area contributed by atoms with E-state index in [2.05, 4.69) is 26.0 Å². The lowest BCUT2D eigenvalue weighted by Crippen LogP contribution is -2.14. The summed E-state index contributed by atoms with van der Waals surface area (Å²) in [4.78, 5) is 0. The van der Waals surface area contributed by atoms with Crippen LogP contribution in [0.2, 0.25) is 0 Å². The number of hydrogen-bond donors (Lipinski definition) is 1. The van der Waals surface area contributed by atoms with Crippen LogP contribution in [0.5, 0.6) is 5.75 Å². The van der Waals surface area contributed by atoms with Crippen molar-refractivity contribution in [3.63, 3.8) is 0 Å². The van der Waals surface area contributed by atoms with Crippen molar-refractivity contribution in [2.45, 2.75) is 31.7 Å². The lowest BCUT2D eigenvalue weighted by Gasteiger charge is -2.18. The summed E-state index contributed by atoms with van der Waals surface area (Å²) in [6.45, 7) is 4.48. The lowest BCUT2D eigenvalue weighted by atomic mass is 9.86. The number of benzene rings is 1. The first-order valence-corrected chi connectivity index (χ1v) is 4.98. The molecule has 0 fully saturated rings. The summed E-state index contributed by atoms with van der Waals surface area (Å²) >= 11 is 0. The molecule has 0 spiro atoms. The summed E-state index contributed by atoms with van der Waals surface area (Å²) in [5.41, 5.74) is 8.91. The summed E-state index contributed by atoms with van der Waals surface area (Å²) in [5.74, 6) is 0.900. The maximum atomic E-state index is 6.09. The Labute approximate surface area is 85.1 Å². The Morgan fingerprint density at radius 1 is 1.43 bits per heavy atom. The predicted molar refractivity (Wildman–Crippen MR) is 57.6 cm³/mol. The molecule has 2 nitrogen and oxygen atoms in total. The van der Waals surface area contributed by atoms with E-state index in [4.69, 9.17) is 10.5 Å². The van der Waals surface area contributed by atoms with Crippen LogP contribution in [0.25, 0.3) is 0 Å². The molecular weight excluding hydrogens is 174 g/mol. The highest BCUT2D eigenvalue weighted by molar-refractivity contribution is 5.45. The maximum absolute atomic E-state index is 6.09. The van der Waals surface area contributed by atoms with Crippen molar-refractivity contribution in [2.75, 3.05) is 7.11 Å². The SMILES string of the molecule is COc1ccc2c(c1)[C@@H](N)CC2(C)C. The minimum absolute atomic E-state index is 0.162. The van der Waals surface area contributed by atoms with Gasteiger partial charge < -0.3 is 10.5 Å². The van der Waals surface area contributed by atoms with Crippen LogP contribution in [0.3, 0.4) is 0 Å². The van der Waals surface area contributed by atoms with Crippen LogP contribution in [0.15, 0.2) is 18.2 Å². The van der Waals surface area contributed by atoms with E-state index < -0.39 is 0 Å². The minimum Gasteiger partial charge on any atom is -0.497 e. The first-order chi connectivity index (χ1) is 6.54. The van der Waals surface area contributed by atoms with Crippen molar-refractivity contribution in [1.82, 2.24) is 0 Å². The van der Waals surface area contributed by atoms with Crippen molar-refractivity contribution in [3.05, 3.63) is 29.3 Å². The van der Waals surface area contributed by atoms with Crippen molar-refractivity contribution in [2.24, 2.45) is 5.73 Å². The molecule has 14 heavy (non-hydrogen) atoms. The molecule has 2 heteroatoms. The highest BCUT2D eigenvalue weighted by Gasteiger charge is 2.34. The average Bonchev–Trinajstić information content (AvgIpc) is 2.37. The zero-order valence-electron chi connectivity index (χ0n) is 9.00. The first kappa shape index (κ1) is 9.53. The van der Waals surface area contributed by atoms with E-state index in [1.165, 1.54) is 11.1 Å². The molecule has 1 aliphatic carbocycles. The zero-order valence-corrected chi connectivity index (χ0v) is 9.00.